The summed E-state index contributed by atoms with van der Waals surface area (Å²) in [5.41, 5.74) is 0.541. The van der Waals surface area contributed by atoms with Crippen LogP contribution in [-0.2, 0) is 14.3 Å². The van der Waals surface area contributed by atoms with E-state index in [9.17, 15) is 19.8 Å². The van der Waals surface area contributed by atoms with Gasteiger partial charge in [0.25, 0.3) is 0 Å². The van der Waals surface area contributed by atoms with E-state index in [4.69, 9.17) is 9.84 Å². The number of esters is 1. The highest BCUT2D eigenvalue weighted by atomic mass is 16.5. The number of aromatic hydroxyl groups is 2. The minimum Gasteiger partial charge on any atom is -0.504 e. The molecule has 6 heteroatoms. The van der Waals surface area contributed by atoms with E-state index in [1.54, 1.807) is 6.07 Å². The van der Waals surface area contributed by atoms with Gasteiger partial charge in [-0.2, -0.15) is 0 Å². The summed E-state index contributed by atoms with van der Waals surface area (Å²) in [6, 6.07) is 4.18. The zero-order valence-corrected chi connectivity index (χ0v) is 11.9. The molecule has 0 aliphatic heterocycles. The Morgan fingerprint density at radius 3 is 2.64 bits per heavy atom. The number of carboxylic acids is 1. The van der Waals surface area contributed by atoms with Crippen molar-refractivity contribution in [1.29, 1.82) is 0 Å². The van der Waals surface area contributed by atoms with Crippen LogP contribution in [0.5, 0.6) is 11.5 Å². The fraction of sp³-hybridized carbons (Fsp3) is 0.375. The third-order valence-corrected chi connectivity index (χ3v) is 3.67. The average molecular weight is 306 g/mol. The molecular formula is C16H18O6. The Bertz CT molecular complexity index is 592. The van der Waals surface area contributed by atoms with Crippen molar-refractivity contribution in [2.45, 2.75) is 31.8 Å². The van der Waals surface area contributed by atoms with Crippen molar-refractivity contribution in [2.75, 3.05) is 0 Å². The molecule has 0 saturated heterocycles. The monoisotopic (exact) mass is 306 g/mol. The van der Waals surface area contributed by atoms with E-state index in [2.05, 4.69) is 0 Å². The highest BCUT2D eigenvalue weighted by Crippen LogP contribution is 2.27. The predicted octanol–water partition coefficient (Wildman–Crippen LogP) is 2.30. The number of carbonyl (C=O) groups excluding carboxylic acids is 1. The van der Waals surface area contributed by atoms with Gasteiger partial charge in [-0.3, -0.25) is 4.79 Å². The largest absolute Gasteiger partial charge is 0.504 e. The first-order valence-corrected chi connectivity index (χ1v) is 7.09. The molecule has 6 nitrogen and oxygen atoms in total. The normalized spacial score (nSPS) is 21.6. The number of phenolic OH excluding ortho intramolecular Hbond substituents is 2. The van der Waals surface area contributed by atoms with E-state index in [1.807, 2.05) is 0 Å². The topological polar surface area (TPSA) is 104 Å². The molecule has 1 aromatic rings. The Kier molecular flexibility index (Phi) is 5.04. The molecule has 1 saturated carbocycles. The molecular weight excluding hydrogens is 288 g/mol. The van der Waals surface area contributed by atoms with Gasteiger partial charge in [-0.25, -0.2) is 4.79 Å². The maximum Gasteiger partial charge on any atom is 0.331 e. The molecule has 3 N–H and O–H groups in total. The third-order valence-electron chi connectivity index (χ3n) is 3.67. The average Bonchev–Trinajstić information content (AvgIpc) is 2.49. The zero-order valence-electron chi connectivity index (χ0n) is 11.9. The first kappa shape index (κ1) is 15.9. The summed E-state index contributed by atoms with van der Waals surface area (Å²) < 4.78 is 5.25. The van der Waals surface area contributed by atoms with Crippen LogP contribution >= 0.6 is 0 Å². The second kappa shape index (κ2) is 6.98. The van der Waals surface area contributed by atoms with Crippen LogP contribution in [0.3, 0.4) is 0 Å². The number of aliphatic carboxylic acids is 1. The van der Waals surface area contributed by atoms with Gasteiger partial charge in [-0.05, 0) is 49.5 Å². The van der Waals surface area contributed by atoms with E-state index < -0.39 is 17.9 Å². The van der Waals surface area contributed by atoms with Gasteiger partial charge in [0.05, 0.1) is 5.92 Å². The van der Waals surface area contributed by atoms with Gasteiger partial charge in [0, 0.05) is 6.08 Å². The second-order valence-electron chi connectivity index (χ2n) is 5.34. The maximum atomic E-state index is 11.7. The molecule has 1 aliphatic rings. The van der Waals surface area contributed by atoms with E-state index in [-0.39, 0.29) is 17.6 Å². The lowest BCUT2D eigenvalue weighted by molar-refractivity contribution is -0.151. The van der Waals surface area contributed by atoms with Gasteiger partial charge in [0.15, 0.2) is 11.5 Å². The van der Waals surface area contributed by atoms with Gasteiger partial charge < -0.3 is 20.1 Å². The number of carboxylic acid groups (broad SMARTS) is 1. The van der Waals surface area contributed by atoms with E-state index in [0.29, 0.717) is 24.8 Å². The number of ether oxygens (including phenoxy) is 1. The minimum atomic E-state index is -0.851. The molecule has 0 aromatic heterocycles. The molecule has 1 aromatic carbocycles. The molecule has 1 aliphatic carbocycles. The third kappa shape index (κ3) is 4.25. The van der Waals surface area contributed by atoms with Gasteiger partial charge in [-0.15, -0.1) is 0 Å². The molecule has 22 heavy (non-hydrogen) atoms. The van der Waals surface area contributed by atoms with Crippen molar-refractivity contribution in [1.82, 2.24) is 0 Å². The molecule has 0 spiro atoms. The number of rotatable bonds is 4. The van der Waals surface area contributed by atoms with Crippen molar-refractivity contribution in [3.8, 4) is 11.5 Å². The first-order valence-electron chi connectivity index (χ1n) is 7.09. The Labute approximate surface area is 127 Å². The summed E-state index contributed by atoms with van der Waals surface area (Å²) in [5.74, 6) is -2.36. The summed E-state index contributed by atoms with van der Waals surface area (Å²) in [6.07, 6.45) is 4.66. The zero-order chi connectivity index (χ0) is 16.1. The molecule has 2 atom stereocenters. The number of hydrogen-bond acceptors (Lipinski definition) is 5. The lowest BCUT2D eigenvalue weighted by Crippen LogP contribution is -2.28. The van der Waals surface area contributed by atoms with Crippen LogP contribution in [0.4, 0.5) is 0 Å². The first-order chi connectivity index (χ1) is 10.5. The minimum absolute atomic E-state index is 0.235. The molecule has 0 amide bonds. The lowest BCUT2D eigenvalue weighted by atomic mass is 9.87. The lowest BCUT2D eigenvalue weighted by Gasteiger charge is -2.25. The number of carbonyl (C=O) groups is 2. The Balaban J connectivity index is 1.90. The van der Waals surface area contributed by atoms with E-state index in [1.165, 1.54) is 24.3 Å². The Morgan fingerprint density at radius 2 is 1.95 bits per heavy atom. The number of benzene rings is 1. The molecule has 118 valence electrons. The molecule has 0 radical (unpaired) electrons. The van der Waals surface area contributed by atoms with Crippen molar-refractivity contribution in [3.63, 3.8) is 0 Å². The smallest absolute Gasteiger partial charge is 0.331 e. The summed E-state index contributed by atoms with van der Waals surface area (Å²) in [6.45, 7) is 0. The predicted molar refractivity (Wildman–Crippen MR) is 78.3 cm³/mol. The van der Waals surface area contributed by atoms with Gasteiger partial charge >= 0.3 is 11.9 Å². The van der Waals surface area contributed by atoms with Crippen molar-refractivity contribution >= 4 is 18.0 Å². The Morgan fingerprint density at radius 1 is 1.18 bits per heavy atom. The SMILES string of the molecule is O=C(/C=C/c1ccc(O)c(O)c1)O[C@H]1CCC[C@@H](C(=O)O)C1. The van der Waals surface area contributed by atoms with Crippen LogP contribution in [0, 0.1) is 5.92 Å². The van der Waals surface area contributed by atoms with Gasteiger partial charge in [0.1, 0.15) is 6.10 Å². The fourth-order valence-corrected chi connectivity index (χ4v) is 2.49. The second-order valence-corrected chi connectivity index (χ2v) is 5.34. The fourth-order valence-electron chi connectivity index (χ4n) is 2.49. The van der Waals surface area contributed by atoms with Gasteiger partial charge in [-0.1, -0.05) is 6.07 Å². The summed E-state index contributed by atoms with van der Waals surface area (Å²) in [7, 11) is 0. The Hall–Kier alpha value is -2.50. The molecule has 2 rings (SSSR count). The quantitative estimate of drug-likeness (QED) is 0.448. The van der Waals surface area contributed by atoms with Gasteiger partial charge in [0.2, 0.25) is 0 Å². The van der Waals surface area contributed by atoms with E-state index >= 15 is 0 Å². The highest BCUT2D eigenvalue weighted by Gasteiger charge is 2.28. The molecule has 0 unspecified atom stereocenters. The van der Waals surface area contributed by atoms with Crippen LogP contribution in [-0.4, -0.2) is 33.4 Å². The van der Waals surface area contributed by atoms with Crippen molar-refractivity contribution in [2.24, 2.45) is 5.92 Å². The highest BCUT2D eigenvalue weighted by molar-refractivity contribution is 5.87. The number of phenols is 2. The summed E-state index contributed by atoms with van der Waals surface area (Å²) in [5, 5.41) is 27.5. The maximum absolute atomic E-state index is 11.7. The van der Waals surface area contributed by atoms with E-state index in [0.717, 1.165) is 6.42 Å². The standard InChI is InChI=1S/C16H18O6/c17-13-6-4-10(8-14(13)18)5-7-15(19)22-12-3-1-2-11(9-12)16(20)21/h4-8,11-12,17-18H,1-3,9H2,(H,20,21)/b7-5+/t11-,12+/m1/s1. The van der Waals surface area contributed by atoms with Crippen LogP contribution in [0.2, 0.25) is 0 Å². The van der Waals surface area contributed by atoms with Crippen LogP contribution in [0.1, 0.15) is 31.2 Å². The summed E-state index contributed by atoms with van der Waals surface area (Å²) >= 11 is 0. The van der Waals surface area contributed by atoms with Crippen LogP contribution in [0.15, 0.2) is 24.3 Å². The van der Waals surface area contributed by atoms with Crippen LogP contribution in [0.25, 0.3) is 6.08 Å². The molecule has 0 heterocycles. The molecule has 0 bridgehead atoms. The molecule has 1 fully saturated rings. The van der Waals surface area contributed by atoms with Crippen molar-refractivity contribution < 1.29 is 29.6 Å². The van der Waals surface area contributed by atoms with Crippen LogP contribution < -0.4 is 0 Å². The van der Waals surface area contributed by atoms with Crippen molar-refractivity contribution in [3.05, 3.63) is 29.8 Å². The number of hydrogen-bond donors (Lipinski definition) is 3. The summed E-state index contributed by atoms with van der Waals surface area (Å²) in [4.78, 5) is 22.7.